The first kappa shape index (κ1) is 15.1. The van der Waals surface area contributed by atoms with Crippen LogP contribution in [0.4, 0.5) is 0 Å². The Balaban J connectivity index is 2.44. The first-order chi connectivity index (χ1) is 8.88. The van der Waals surface area contributed by atoms with Crippen LogP contribution in [0.1, 0.15) is 32.9 Å². The number of aliphatic carboxylic acids is 1. The quantitative estimate of drug-likeness (QED) is 0.748. The van der Waals surface area contributed by atoms with Crippen LogP contribution in [-0.2, 0) is 22.6 Å². The second kappa shape index (κ2) is 6.86. The summed E-state index contributed by atoms with van der Waals surface area (Å²) in [7, 11) is 0. The van der Waals surface area contributed by atoms with Crippen LogP contribution in [0, 0.1) is 5.92 Å². The molecule has 1 heterocycles. The first-order valence-corrected chi connectivity index (χ1v) is 6.28. The van der Waals surface area contributed by atoms with Crippen molar-refractivity contribution in [2.24, 2.45) is 5.92 Å². The van der Waals surface area contributed by atoms with Gasteiger partial charge in [0.05, 0.1) is 12.1 Å². The number of aryl methyl sites for hydroxylation is 1. The predicted molar refractivity (Wildman–Crippen MR) is 68.4 cm³/mol. The molecular weight excluding hydrogens is 248 g/mol. The number of aromatic nitrogens is 3. The van der Waals surface area contributed by atoms with Gasteiger partial charge in [-0.2, -0.15) is 0 Å². The van der Waals surface area contributed by atoms with Crippen LogP contribution in [0.3, 0.4) is 0 Å². The molecular formula is C12H20N4O3. The molecule has 2 N–H and O–H groups in total. The lowest BCUT2D eigenvalue weighted by Gasteiger charge is -2.17. The van der Waals surface area contributed by atoms with Crippen LogP contribution in [0.15, 0.2) is 6.20 Å². The van der Waals surface area contributed by atoms with Crippen molar-refractivity contribution in [1.82, 2.24) is 20.3 Å². The van der Waals surface area contributed by atoms with Gasteiger partial charge in [0.25, 0.3) is 0 Å². The van der Waals surface area contributed by atoms with Gasteiger partial charge in [-0.1, -0.05) is 19.1 Å². The van der Waals surface area contributed by atoms with Crippen molar-refractivity contribution in [3.8, 4) is 0 Å². The van der Waals surface area contributed by atoms with E-state index in [0.717, 1.165) is 0 Å². The minimum absolute atomic E-state index is 0.00920. The Bertz CT molecular complexity index is 442. The SMILES string of the molecule is CC(C)C(C)NC(=O)Cn1cc(CCC(=O)O)nn1. The summed E-state index contributed by atoms with van der Waals surface area (Å²) in [5.74, 6) is -0.639. The van der Waals surface area contributed by atoms with Gasteiger partial charge in [0.15, 0.2) is 0 Å². The van der Waals surface area contributed by atoms with E-state index in [9.17, 15) is 9.59 Å². The molecule has 0 aliphatic rings. The highest BCUT2D eigenvalue weighted by molar-refractivity contribution is 5.75. The Morgan fingerprint density at radius 2 is 2.11 bits per heavy atom. The van der Waals surface area contributed by atoms with E-state index in [1.165, 1.54) is 4.68 Å². The Kier molecular flexibility index (Phi) is 5.47. The summed E-state index contributed by atoms with van der Waals surface area (Å²) >= 11 is 0. The lowest BCUT2D eigenvalue weighted by Crippen LogP contribution is -2.38. The van der Waals surface area contributed by atoms with Gasteiger partial charge in [0.1, 0.15) is 6.54 Å². The van der Waals surface area contributed by atoms with Crippen molar-refractivity contribution < 1.29 is 14.7 Å². The maximum atomic E-state index is 11.7. The van der Waals surface area contributed by atoms with E-state index in [2.05, 4.69) is 15.6 Å². The molecule has 1 amide bonds. The fraction of sp³-hybridized carbons (Fsp3) is 0.667. The molecule has 106 valence electrons. The Morgan fingerprint density at radius 1 is 1.42 bits per heavy atom. The smallest absolute Gasteiger partial charge is 0.303 e. The van der Waals surface area contributed by atoms with Crippen LogP contribution in [0.25, 0.3) is 0 Å². The van der Waals surface area contributed by atoms with Crippen LogP contribution in [-0.4, -0.2) is 38.0 Å². The minimum atomic E-state index is -0.877. The molecule has 7 heteroatoms. The standard InChI is InChI=1S/C12H20N4O3/c1-8(2)9(3)13-11(17)7-16-6-10(14-15-16)4-5-12(18)19/h6,8-9H,4-5,7H2,1-3H3,(H,13,17)(H,18,19). The second-order valence-corrected chi connectivity index (χ2v) is 4.90. The lowest BCUT2D eigenvalue weighted by atomic mass is 10.1. The van der Waals surface area contributed by atoms with Gasteiger partial charge >= 0.3 is 5.97 Å². The third-order valence-corrected chi connectivity index (χ3v) is 2.88. The Morgan fingerprint density at radius 3 is 2.68 bits per heavy atom. The summed E-state index contributed by atoms with van der Waals surface area (Å²) in [6, 6.07) is 0.0995. The largest absolute Gasteiger partial charge is 0.481 e. The van der Waals surface area contributed by atoms with E-state index in [0.29, 0.717) is 18.0 Å². The zero-order chi connectivity index (χ0) is 14.4. The Hall–Kier alpha value is -1.92. The average molecular weight is 268 g/mol. The number of hydrogen-bond acceptors (Lipinski definition) is 4. The number of carbonyl (C=O) groups excluding carboxylic acids is 1. The van der Waals surface area contributed by atoms with Crippen LogP contribution in [0.2, 0.25) is 0 Å². The maximum absolute atomic E-state index is 11.7. The minimum Gasteiger partial charge on any atom is -0.481 e. The number of carboxylic acids is 1. The second-order valence-electron chi connectivity index (χ2n) is 4.90. The molecule has 7 nitrogen and oxygen atoms in total. The van der Waals surface area contributed by atoms with Crippen molar-refractivity contribution in [2.45, 2.75) is 46.2 Å². The number of nitrogens with one attached hydrogen (secondary N) is 1. The molecule has 0 radical (unpaired) electrons. The van der Waals surface area contributed by atoms with Crippen LogP contribution in [0.5, 0.6) is 0 Å². The highest BCUT2D eigenvalue weighted by atomic mass is 16.4. The molecule has 19 heavy (non-hydrogen) atoms. The maximum Gasteiger partial charge on any atom is 0.303 e. The topological polar surface area (TPSA) is 97.1 Å². The third kappa shape index (κ3) is 5.50. The van der Waals surface area contributed by atoms with Gasteiger partial charge in [-0.15, -0.1) is 5.10 Å². The number of hydrogen-bond donors (Lipinski definition) is 2. The van der Waals surface area contributed by atoms with Crippen LogP contribution >= 0.6 is 0 Å². The third-order valence-electron chi connectivity index (χ3n) is 2.88. The molecule has 0 spiro atoms. The summed E-state index contributed by atoms with van der Waals surface area (Å²) in [5.41, 5.74) is 0.576. The van der Waals surface area contributed by atoms with E-state index >= 15 is 0 Å². The zero-order valence-electron chi connectivity index (χ0n) is 11.5. The van der Waals surface area contributed by atoms with Crippen LogP contribution < -0.4 is 5.32 Å². The normalized spacial score (nSPS) is 12.4. The number of nitrogens with zero attached hydrogens (tertiary/aromatic N) is 3. The first-order valence-electron chi connectivity index (χ1n) is 6.28. The van der Waals surface area contributed by atoms with E-state index in [4.69, 9.17) is 5.11 Å². The van der Waals surface area contributed by atoms with E-state index in [1.807, 2.05) is 20.8 Å². The van der Waals surface area contributed by atoms with Crippen molar-refractivity contribution >= 4 is 11.9 Å². The monoisotopic (exact) mass is 268 g/mol. The Labute approximate surface area is 112 Å². The molecule has 0 saturated heterocycles. The van der Waals surface area contributed by atoms with Gasteiger partial charge in [-0.3, -0.25) is 9.59 Å². The molecule has 0 saturated carbocycles. The molecule has 0 fully saturated rings. The molecule has 1 atom stereocenters. The van der Waals surface area contributed by atoms with Gasteiger partial charge in [0, 0.05) is 18.7 Å². The highest BCUT2D eigenvalue weighted by Gasteiger charge is 2.12. The molecule has 0 aliphatic heterocycles. The molecule has 0 aliphatic carbocycles. The molecule has 0 aromatic carbocycles. The van der Waals surface area contributed by atoms with E-state index in [-0.39, 0.29) is 24.9 Å². The van der Waals surface area contributed by atoms with Crippen molar-refractivity contribution in [1.29, 1.82) is 0 Å². The predicted octanol–water partition coefficient (Wildman–Crippen LogP) is 0.456. The van der Waals surface area contributed by atoms with E-state index in [1.54, 1.807) is 6.20 Å². The van der Waals surface area contributed by atoms with Gasteiger partial charge in [0.2, 0.25) is 5.91 Å². The summed E-state index contributed by atoms with van der Waals surface area (Å²) in [6.07, 6.45) is 1.93. The van der Waals surface area contributed by atoms with Gasteiger partial charge in [-0.05, 0) is 12.8 Å². The molecule has 0 bridgehead atoms. The van der Waals surface area contributed by atoms with Crippen molar-refractivity contribution in [2.75, 3.05) is 0 Å². The highest BCUT2D eigenvalue weighted by Crippen LogP contribution is 2.01. The van der Waals surface area contributed by atoms with Crippen molar-refractivity contribution in [3.05, 3.63) is 11.9 Å². The van der Waals surface area contributed by atoms with Crippen molar-refractivity contribution in [3.63, 3.8) is 0 Å². The van der Waals surface area contributed by atoms with Gasteiger partial charge < -0.3 is 10.4 Å². The van der Waals surface area contributed by atoms with E-state index < -0.39 is 5.97 Å². The summed E-state index contributed by atoms with van der Waals surface area (Å²) in [4.78, 5) is 22.1. The number of carboxylic acid groups (broad SMARTS) is 1. The fourth-order valence-corrected chi connectivity index (χ4v) is 1.38. The molecule has 1 unspecified atom stereocenters. The average Bonchev–Trinajstić information content (AvgIpc) is 2.73. The number of rotatable bonds is 7. The number of amides is 1. The van der Waals surface area contributed by atoms with Gasteiger partial charge in [-0.25, -0.2) is 4.68 Å². The summed E-state index contributed by atoms with van der Waals surface area (Å²) < 4.78 is 1.42. The molecule has 1 aromatic rings. The zero-order valence-corrected chi connectivity index (χ0v) is 11.5. The molecule has 1 aromatic heterocycles. The molecule has 1 rings (SSSR count). The summed E-state index contributed by atoms with van der Waals surface area (Å²) in [5, 5.41) is 19.0. The fourth-order valence-electron chi connectivity index (χ4n) is 1.38. The number of carbonyl (C=O) groups is 2. The lowest BCUT2D eigenvalue weighted by molar-refractivity contribution is -0.137. The summed E-state index contributed by atoms with van der Waals surface area (Å²) in [6.45, 7) is 6.11.